The van der Waals surface area contributed by atoms with Crippen LogP contribution >= 0.6 is 0 Å². The highest BCUT2D eigenvalue weighted by Crippen LogP contribution is 2.30. The van der Waals surface area contributed by atoms with Crippen LogP contribution in [0.5, 0.6) is 0 Å². The van der Waals surface area contributed by atoms with Crippen LogP contribution < -0.4 is 4.90 Å². The molecule has 0 aliphatic carbocycles. The van der Waals surface area contributed by atoms with E-state index < -0.39 is 18.9 Å². The van der Waals surface area contributed by atoms with Gasteiger partial charge in [-0.05, 0) is 6.07 Å². The van der Waals surface area contributed by atoms with Gasteiger partial charge in [0.15, 0.2) is 0 Å². The maximum atomic E-state index is 12.9. The normalized spacial score (nSPS) is 18.2. The van der Waals surface area contributed by atoms with Crippen LogP contribution in [0.4, 0.5) is 18.9 Å². The van der Waals surface area contributed by atoms with Crippen molar-refractivity contribution >= 4 is 11.4 Å². The number of aliphatic hydroxyl groups is 1. The molecule has 0 spiro atoms. The molecule has 1 aliphatic rings. The third-order valence-corrected chi connectivity index (χ3v) is 3.64. The summed E-state index contributed by atoms with van der Waals surface area (Å²) in [5.41, 5.74) is 2.31. The lowest BCUT2D eigenvalue weighted by Gasteiger charge is -2.29. The molecule has 0 aromatic heterocycles. The number of fused-ring (bicyclic) bond motifs is 1. The van der Waals surface area contributed by atoms with E-state index in [2.05, 4.69) is 4.99 Å². The number of anilines is 1. The Morgan fingerprint density at radius 1 is 1.04 bits per heavy atom. The molecule has 0 fully saturated rings. The molecule has 1 unspecified atom stereocenters. The Hall–Kier alpha value is -2.34. The van der Waals surface area contributed by atoms with Crippen molar-refractivity contribution < 1.29 is 18.3 Å². The van der Waals surface area contributed by atoms with Crippen molar-refractivity contribution in [1.29, 1.82) is 0 Å². The largest absolute Gasteiger partial charge is 0.406 e. The Morgan fingerprint density at radius 3 is 2.39 bits per heavy atom. The zero-order valence-electron chi connectivity index (χ0n) is 12.2. The van der Waals surface area contributed by atoms with E-state index in [0.29, 0.717) is 17.0 Å². The fraction of sp³-hybridized carbons (Fsp3) is 0.235. The SMILES string of the molecule is OC1CN=C(c2ccccc2)c2ccccc2N1CC(F)(F)F. The van der Waals surface area contributed by atoms with Crippen molar-refractivity contribution in [2.24, 2.45) is 4.99 Å². The van der Waals surface area contributed by atoms with Gasteiger partial charge in [0, 0.05) is 16.8 Å². The maximum Gasteiger partial charge on any atom is 0.406 e. The molecule has 1 heterocycles. The summed E-state index contributed by atoms with van der Waals surface area (Å²) in [5.74, 6) is 0. The number of aliphatic imine (C=N–C) groups is 1. The average Bonchev–Trinajstić information content (AvgIpc) is 2.65. The number of rotatable bonds is 2. The van der Waals surface area contributed by atoms with Crippen molar-refractivity contribution in [2.45, 2.75) is 12.4 Å². The first-order valence-electron chi connectivity index (χ1n) is 7.16. The fourth-order valence-corrected chi connectivity index (χ4v) is 2.67. The Morgan fingerprint density at radius 2 is 1.70 bits per heavy atom. The third-order valence-electron chi connectivity index (χ3n) is 3.64. The molecule has 3 nitrogen and oxygen atoms in total. The van der Waals surface area contributed by atoms with E-state index in [-0.39, 0.29) is 6.54 Å². The van der Waals surface area contributed by atoms with Gasteiger partial charge in [0.05, 0.1) is 12.3 Å². The van der Waals surface area contributed by atoms with Crippen LogP contribution in [0, 0.1) is 0 Å². The molecule has 1 N–H and O–H groups in total. The summed E-state index contributed by atoms with van der Waals surface area (Å²) in [5, 5.41) is 10.1. The van der Waals surface area contributed by atoms with Crippen molar-refractivity contribution in [2.75, 3.05) is 18.0 Å². The maximum absolute atomic E-state index is 12.9. The molecule has 2 aromatic carbocycles. The van der Waals surface area contributed by atoms with Crippen LogP contribution in [0.1, 0.15) is 11.1 Å². The summed E-state index contributed by atoms with van der Waals surface area (Å²) in [6, 6.07) is 15.9. The summed E-state index contributed by atoms with van der Waals surface area (Å²) < 4.78 is 38.6. The molecule has 0 bridgehead atoms. The van der Waals surface area contributed by atoms with Crippen molar-refractivity contribution in [3.63, 3.8) is 0 Å². The van der Waals surface area contributed by atoms with Crippen molar-refractivity contribution in [3.8, 4) is 0 Å². The van der Waals surface area contributed by atoms with Crippen LogP contribution in [0.3, 0.4) is 0 Å². The second-order valence-electron chi connectivity index (χ2n) is 5.30. The molecule has 3 rings (SSSR count). The lowest BCUT2D eigenvalue weighted by atomic mass is 10.0. The second kappa shape index (κ2) is 6.04. The average molecular weight is 320 g/mol. The zero-order valence-corrected chi connectivity index (χ0v) is 12.2. The minimum Gasteiger partial charge on any atom is -0.372 e. The van der Waals surface area contributed by atoms with E-state index in [4.69, 9.17) is 0 Å². The molecule has 0 saturated heterocycles. The minimum absolute atomic E-state index is 0.116. The Kier molecular flexibility index (Phi) is 4.09. The van der Waals surface area contributed by atoms with Gasteiger partial charge in [-0.15, -0.1) is 0 Å². The van der Waals surface area contributed by atoms with Crippen molar-refractivity contribution in [3.05, 3.63) is 65.7 Å². The van der Waals surface area contributed by atoms with Gasteiger partial charge >= 0.3 is 6.18 Å². The highest BCUT2D eigenvalue weighted by molar-refractivity contribution is 6.16. The molecule has 1 aliphatic heterocycles. The topological polar surface area (TPSA) is 35.8 Å². The van der Waals surface area contributed by atoms with Gasteiger partial charge in [-0.25, -0.2) is 0 Å². The highest BCUT2D eigenvalue weighted by Gasteiger charge is 2.35. The van der Waals surface area contributed by atoms with Crippen LogP contribution in [-0.2, 0) is 0 Å². The molecule has 0 radical (unpaired) electrons. The van der Waals surface area contributed by atoms with E-state index >= 15 is 0 Å². The van der Waals surface area contributed by atoms with E-state index in [1.807, 2.05) is 30.3 Å². The summed E-state index contributed by atoms with van der Waals surface area (Å²) in [6.07, 6.45) is -5.73. The number of benzodiazepines with no additional fused rings is 1. The number of hydrogen-bond acceptors (Lipinski definition) is 3. The van der Waals surface area contributed by atoms with Gasteiger partial charge in [0.2, 0.25) is 0 Å². The van der Waals surface area contributed by atoms with Gasteiger partial charge in [-0.2, -0.15) is 13.2 Å². The van der Waals surface area contributed by atoms with E-state index in [1.165, 1.54) is 0 Å². The Bertz CT molecular complexity index is 713. The fourth-order valence-electron chi connectivity index (χ4n) is 2.67. The first kappa shape index (κ1) is 15.6. The number of aliphatic hydroxyl groups excluding tert-OH is 1. The Balaban J connectivity index is 2.10. The number of alkyl halides is 3. The predicted molar refractivity (Wildman–Crippen MR) is 82.8 cm³/mol. The number of nitrogens with zero attached hydrogens (tertiary/aromatic N) is 2. The first-order chi connectivity index (χ1) is 11.0. The number of benzene rings is 2. The number of para-hydroxylation sites is 1. The van der Waals surface area contributed by atoms with Gasteiger partial charge in [0.25, 0.3) is 0 Å². The summed E-state index contributed by atoms with van der Waals surface area (Å²) >= 11 is 0. The summed E-state index contributed by atoms with van der Waals surface area (Å²) in [6.45, 7) is -1.34. The molecule has 0 saturated carbocycles. The standard InChI is InChI=1S/C17H15F3N2O/c18-17(19,20)11-22-14-9-5-4-8-13(14)16(21-10-15(22)23)12-6-2-1-3-7-12/h1-9,15,23H,10-11H2. The molecule has 120 valence electrons. The zero-order chi connectivity index (χ0) is 16.4. The summed E-state index contributed by atoms with van der Waals surface area (Å²) in [4.78, 5) is 5.31. The molecule has 1 atom stereocenters. The molecular formula is C17H15F3N2O. The quantitative estimate of drug-likeness (QED) is 0.922. The van der Waals surface area contributed by atoms with Crippen LogP contribution in [0.2, 0.25) is 0 Å². The monoisotopic (exact) mass is 320 g/mol. The van der Waals surface area contributed by atoms with Crippen LogP contribution in [0.25, 0.3) is 0 Å². The molecule has 6 heteroatoms. The van der Waals surface area contributed by atoms with E-state index in [9.17, 15) is 18.3 Å². The second-order valence-corrected chi connectivity index (χ2v) is 5.30. The van der Waals surface area contributed by atoms with Crippen molar-refractivity contribution in [1.82, 2.24) is 0 Å². The molecule has 23 heavy (non-hydrogen) atoms. The smallest absolute Gasteiger partial charge is 0.372 e. The Labute approximate surface area is 131 Å². The molecular weight excluding hydrogens is 305 g/mol. The number of hydrogen-bond donors (Lipinski definition) is 1. The lowest BCUT2D eigenvalue weighted by Crippen LogP contribution is -2.43. The van der Waals surface area contributed by atoms with E-state index in [0.717, 1.165) is 10.5 Å². The lowest BCUT2D eigenvalue weighted by molar-refractivity contribution is -0.123. The minimum atomic E-state index is -4.41. The van der Waals surface area contributed by atoms with Gasteiger partial charge in [-0.1, -0.05) is 48.5 Å². The molecule has 2 aromatic rings. The highest BCUT2D eigenvalue weighted by atomic mass is 19.4. The summed E-state index contributed by atoms with van der Waals surface area (Å²) in [7, 11) is 0. The predicted octanol–water partition coefficient (Wildman–Crippen LogP) is 3.22. The number of halogens is 3. The molecule has 0 amide bonds. The van der Waals surface area contributed by atoms with E-state index in [1.54, 1.807) is 24.3 Å². The van der Waals surface area contributed by atoms with Crippen LogP contribution in [-0.4, -0.2) is 36.3 Å². The third kappa shape index (κ3) is 3.37. The first-order valence-corrected chi connectivity index (χ1v) is 7.16. The van der Waals surface area contributed by atoms with Gasteiger partial charge < -0.3 is 10.0 Å². The van der Waals surface area contributed by atoms with Gasteiger partial charge in [0.1, 0.15) is 12.8 Å². The van der Waals surface area contributed by atoms with Gasteiger partial charge in [-0.3, -0.25) is 4.99 Å². The van der Waals surface area contributed by atoms with Crippen LogP contribution in [0.15, 0.2) is 59.6 Å².